The van der Waals surface area contributed by atoms with E-state index in [0.717, 1.165) is 53.4 Å². The lowest BCUT2D eigenvalue weighted by Crippen LogP contribution is -2.44. The number of benzene rings is 1. The lowest BCUT2D eigenvalue weighted by atomic mass is 9.89. The maximum absolute atomic E-state index is 13.3. The number of aryl methyl sites for hydroxylation is 2. The number of hydrogen-bond donors (Lipinski definition) is 0. The van der Waals surface area contributed by atoms with Crippen molar-refractivity contribution in [1.82, 2.24) is 9.88 Å². The molecule has 1 amide bonds. The molecule has 2 unspecified atom stereocenters. The van der Waals surface area contributed by atoms with Gasteiger partial charge in [-0.05, 0) is 63.6 Å². The first kappa shape index (κ1) is 21.7. The van der Waals surface area contributed by atoms with Crippen molar-refractivity contribution in [3.8, 4) is 0 Å². The van der Waals surface area contributed by atoms with E-state index in [2.05, 4.69) is 0 Å². The molecular formula is C23H28N2O5S. The van der Waals surface area contributed by atoms with Gasteiger partial charge in [-0.15, -0.1) is 0 Å². The van der Waals surface area contributed by atoms with Crippen LogP contribution in [-0.4, -0.2) is 60.9 Å². The van der Waals surface area contributed by atoms with Gasteiger partial charge in [0.1, 0.15) is 0 Å². The van der Waals surface area contributed by atoms with E-state index < -0.39 is 21.9 Å². The smallest absolute Gasteiger partial charge is 0.339 e. The number of carbonyl (C=O) groups excluding carboxylic acids is 2. The Hall–Kier alpha value is -2.48. The van der Waals surface area contributed by atoms with Crippen molar-refractivity contribution in [3.05, 3.63) is 40.6 Å². The van der Waals surface area contributed by atoms with Gasteiger partial charge in [-0.1, -0.05) is 11.6 Å². The van der Waals surface area contributed by atoms with E-state index in [1.54, 1.807) is 14.0 Å². The molecule has 2 heterocycles. The van der Waals surface area contributed by atoms with Gasteiger partial charge in [0.25, 0.3) is 5.91 Å². The molecule has 8 heteroatoms. The van der Waals surface area contributed by atoms with E-state index in [-0.39, 0.29) is 23.5 Å². The lowest BCUT2D eigenvalue weighted by Gasteiger charge is -2.27. The fourth-order valence-corrected chi connectivity index (χ4v) is 6.36. The van der Waals surface area contributed by atoms with Crippen molar-refractivity contribution in [2.24, 2.45) is 0 Å². The molecule has 2 aliphatic rings. The van der Waals surface area contributed by atoms with Crippen molar-refractivity contribution >= 4 is 32.6 Å². The minimum absolute atomic E-state index is 0.0440. The largest absolute Gasteiger partial charge is 0.449 e. The Morgan fingerprint density at radius 3 is 2.68 bits per heavy atom. The quantitative estimate of drug-likeness (QED) is 0.673. The Balaban J connectivity index is 1.61. The third kappa shape index (κ3) is 4.31. The van der Waals surface area contributed by atoms with Gasteiger partial charge < -0.3 is 9.64 Å². The summed E-state index contributed by atoms with van der Waals surface area (Å²) < 4.78 is 29.2. The van der Waals surface area contributed by atoms with Crippen LogP contribution < -0.4 is 0 Å². The summed E-state index contributed by atoms with van der Waals surface area (Å²) >= 11 is 0. The lowest BCUT2D eigenvalue weighted by molar-refractivity contribution is -0.140. The van der Waals surface area contributed by atoms with Gasteiger partial charge in [0.2, 0.25) is 0 Å². The molecule has 1 fully saturated rings. The van der Waals surface area contributed by atoms with Crippen molar-refractivity contribution in [2.45, 2.75) is 58.1 Å². The van der Waals surface area contributed by atoms with Gasteiger partial charge >= 0.3 is 5.97 Å². The molecule has 1 aliphatic carbocycles. The molecule has 2 aromatic rings. The monoisotopic (exact) mass is 444 g/mol. The second-order valence-corrected chi connectivity index (χ2v) is 10.9. The van der Waals surface area contributed by atoms with E-state index in [1.807, 2.05) is 25.1 Å². The number of ether oxygens (including phenoxy) is 1. The zero-order chi connectivity index (χ0) is 22.3. The fraction of sp³-hybridized carbons (Fsp3) is 0.522. The van der Waals surface area contributed by atoms with Gasteiger partial charge in [-0.3, -0.25) is 9.78 Å². The van der Waals surface area contributed by atoms with Crippen LogP contribution in [0.15, 0.2) is 18.2 Å². The molecule has 1 aromatic heterocycles. The van der Waals surface area contributed by atoms with Gasteiger partial charge in [0.05, 0.1) is 22.6 Å². The molecule has 31 heavy (non-hydrogen) atoms. The van der Waals surface area contributed by atoms with Crippen LogP contribution >= 0.6 is 0 Å². The second-order valence-electron chi connectivity index (χ2n) is 8.69. The molecule has 0 N–H and O–H groups in total. The Labute approximate surface area is 182 Å². The maximum atomic E-state index is 13.3. The highest BCUT2D eigenvalue weighted by atomic mass is 32.2. The fourth-order valence-electron chi connectivity index (χ4n) is 4.59. The third-order valence-corrected chi connectivity index (χ3v) is 8.11. The van der Waals surface area contributed by atoms with E-state index in [1.165, 1.54) is 4.90 Å². The summed E-state index contributed by atoms with van der Waals surface area (Å²) in [6.45, 7) is 3.51. The Morgan fingerprint density at radius 1 is 1.23 bits per heavy atom. The molecule has 7 nitrogen and oxygen atoms in total. The summed E-state index contributed by atoms with van der Waals surface area (Å²) in [7, 11) is -1.54. The SMILES string of the molecule is Cc1ccc2nc3c(c(C(=O)OC(C)C(=O)N(C)C4CCS(=O)(=O)C4)c2c1)CCCC3. The van der Waals surface area contributed by atoms with Crippen LogP contribution in [0.3, 0.4) is 0 Å². The maximum Gasteiger partial charge on any atom is 0.339 e. The average Bonchev–Trinajstić information content (AvgIpc) is 3.10. The number of hydrogen-bond acceptors (Lipinski definition) is 6. The molecular weight excluding hydrogens is 416 g/mol. The van der Waals surface area contributed by atoms with Crippen LogP contribution in [0.5, 0.6) is 0 Å². The molecule has 2 atom stereocenters. The van der Waals surface area contributed by atoms with Crippen molar-refractivity contribution < 1.29 is 22.7 Å². The predicted octanol–water partition coefficient (Wildman–Crippen LogP) is 2.61. The molecule has 0 saturated carbocycles. The minimum Gasteiger partial charge on any atom is -0.449 e. The number of pyridine rings is 1. The van der Waals surface area contributed by atoms with E-state index in [9.17, 15) is 18.0 Å². The number of nitrogens with zero attached hydrogens (tertiary/aromatic N) is 2. The molecule has 0 spiro atoms. The molecule has 4 rings (SSSR count). The van der Waals surface area contributed by atoms with Crippen LogP contribution in [0.2, 0.25) is 0 Å². The standard InChI is InChI=1S/C23H28N2O5S/c1-14-8-9-20-18(12-14)21(17-6-4-5-7-19(17)24-20)23(27)30-15(2)22(26)25(3)16-10-11-31(28,29)13-16/h8-9,12,15-16H,4-7,10-11,13H2,1-3H3. The molecule has 166 valence electrons. The number of aromatic nitrogens is 1. The van der Waals surface area contributed by atoms with Crippen molar-refractivity contribution in [1.29, 1.82) is 0 Å². The minimum atomic E-state index is -3.11. The number of likely N-dealkylation sites (N-methyl/N-ethyl adjacent to an activating group) is 1. The van der Waals surface area contributed by atoms with Crippen LogP contribution in [0.1, 0.15) is 53.4 Å². The summed E-state index contributed by atoms with van der Waals surface area (Å²) in [5.74, 6) is -0.876. The van der Waals surface area contributed by atoms with Crippen LogP contribution in [0.4, 0.5) is 0 Å². The van der Waals surface area contributed by atoms with Gasteiger partial charge in [0, 0.05) is 24.2 Å². The van der Waals surface area contributed by atoms with Crippen molar-refractivity contribution in [3.63, 3.8) is 0 Å². The van der Waals surface area contributed by atoms with Crippen molar-refractivity contribution in [2.75, 3.05) is 18.6 Å². The Kier molecular flexibility index (Phi) is 5.77. The number of esters is 1. The van der Waals surface area contributed by atoms with E-state index in [0.29, 0.717) is 12.0 Å². The van der Waals surface area contributed by atoms with Crippen LogP contribution in [0.25, 0.3) is 10.9 Å². The first-order chi connectivity index (χ1) is 14.7. The van der Waals surface area contributed by atoms with Crippen LogP contribution in [-0.2, 0) is 32.2 Å². The molecule has 1 aromatic carbocycles. The summed E-state index contributed by atoms with van der Waals surface area (Å²) in [6, 6.07) is 5.45. The highest BCUT2D eigenvalue weighted by Crippen LogP contribution is 2.31. The average molecular weight is 445 g/mol. The molecule has 1 saturated heterocycles. The zero-order valence-corrected chi connectivity index (χ0v) is 19.0. The highest BCUT2D eigenvalue weighted by Gasteiger charge is 2.35. The summed E-state index contributed by atoms with van der Waals surface area (Å²) in [6.07, 6.45) is 3.02. The molecule has 0 radical (unpaired) electrons. The van der Waals surface area contributed by atoms with E-state index >= 15 is 0 Å². The first-order valence-corrected chi connectivity index (χ1v) is 12.6. The second kappa shape index (κ2) is 8.22. The number of amides is 1. The topological polar surface area (TPSA) is 93.6 Å². The summed E-state index contributed by atoms with van der Waals surface area (Å²) in [4.78, 5) is 32.3. The number of rotatable bonds is 4. The normalized spacial score (nSPS) is 20.8. The Morgan fingerprint density at radius 2 is 1.97 bits per heavy atom. The highest BCUT2D eigenvalue weighted by molar-refractivity contribution is 7.91. The Bertz CT molecular complexity index is 1160. The van der Waals surface area contributed by atoms with Gasteiger partial charge in [-0.2, -0.15) is 0 Å². The number of fused-ring (bicyclic) bond motifs is 2. The zero-order valence-electron chi connectivity index (χ0n) is 18.2. The van der Waals surface area contributed by atoms with E-state index in [4.69, 9.17) is 9.72 Å². The number of sulfone groups is 1. The summed E-state index contributed by atoms with van der Waals surface area (Å²) in [5, 5.41) is 0.750. The number of carbonyl (C=O) groups is 2. The summed E-state index contributed by atoms with van der Waals surface area (Å²) in [5.41, 5.74) is 4.14. The van der Waals surface area contributed by atoms with Gasteiger partial charge in [0.15, 0.2) is 15.9 Å². The third-order valence-electron chi connectivity index (χ3n) is 6.36. The molecule has 1 aliphatic heterocycles. The predicted molar refractivity (Wildman–Crippen MR) is 118 cm³/mol. The first-order valence-electron chi connectivity index (χ1n) is 10.8. The van der Waals surface area contributed by atoms with Crippen LogP contribution in [0, 0.1) is 6.92 Å². The van der Waals surface area contributed by atoms with Gasteiger partial charge in [-0.25, -0.2) is 13.2 Å². The molecule has 0 bridgehead atoms.